The highest BCUT2D eigenvalue weighted by molar-refractivity contribution is 7.98. The van der Waals surface area contributed by atoms with Crippen LogP contribution in [0.4, 0.5) is 0 Å². The fraction of sp³-hybridized carbons (Fsp3) is 0.462. The molecule has 0 heterocycles. The van der Waals surface area contributed by atoms with Gasteiger partial charge in [-0.05, 0) is 30.5 Å². The summed E-state index contributed by atoms with van der Waals surface area (Å²) in [5, 5.41) is 7.12. The molecule has 0 fully saturated rings. The normalized spacial score (nSPS) is 11.2. The fourth-order valence-electron chi connectivity index (χ4n) is 1.36. The van der Waals surface area contributed by atoms with Gasteiger partial charge in [-0.25, -0.2) is 0 Å². The van der Waals surface area contributed by atoms with Crippen molar-refractivity contribution in [3.8, 4) is 5.75 Å². The molecule has 1 aromatic rings. The highest BCUT2D eigenvalue weighted by Gasteiger charge is 1.97. The number of guanidine groups is 1. The van der Waals surface area contributed by atoms with E-state index in [1.165, 1.54) is 0 Å². The number of aliphatic imine (C=N–C) groups is 1. The lowest BCUT2D eigenvalue weighted by atomic mass is 10.3. The molecule has 0 saturated carbocycles. The van der Waals surface area contributed by atoms with E-state index in [9.17, 15) is 0 Å². The standard InChI is InChI=1S/C13H20ClN3OS/c1-15-13(17-8-10-19-2)16-7-9-18-12-5-3-11(14)4-6-12/h3-6H,7-10H2,1-2H3,(H2,15,16,17). The number of hydrogen-bond donors (Lipinski definition) is 2. The molecule has 0 aromatic heterocycles. The molecular formula is C13H20ClN3OS. The molecule has 106 valence electrons. The van der Waals surface area contributed by atoms with E-state index in [4.69, 9.17) is 16.3 Å². The van der Waals surface area contributed by atoms with Crippen LogP contribution in [-0.2, 0) is 0 Å². The van der Waals surface area contributed by atoms with Crippen LogP contribution < -0.4 is 15.4 Å². The first-order valence-electron chi connectivity index (χ1n) is 6.08. The Labute approximate surface area is 124 Å². The van der Waals surface area contributed by atoms with Gasteiger partial charge in [0.2, 0.25) is 0 Å². The SMILES string of the molecule is CN=C(NCCOc1ccc(Cl)cc1)NCCSC. The minimum atomic E-state index is 0.574. The van der Waals surface area contributed by atoms with Crippen LogP contribution in [0.15, 0.2) is 29.3 Å². The van der Waals surface area contributed by atoms with Gasteiger partial charge >= 0.3 is 0 Å². The first-order valence-corrected chi connectivity index (χ1v) is 7.85. The molecule has 0 aliphatic rings. The second-order valence-electron chi connectivity index (χ2n) is 3.72. The lowest BCUT2D eigenvalue weighted by Gasteiger charge is -2.12. The Balaban J connectivity index is 2.16. The lowest BCUT2D eigenvalue weighted by molar-refractivity contribution is 0.322. The van der Waals surface area contributed by atoms with Crippen LogP contribution >= 0.6 is 23.4 Å². The van der Waals surface area contributed by atoms with E-state index in [0.29, 0.717) is 18.2 Å². The highest BCUT2D eigenvalue weighted by Crippen LogP contribution is 2.14. The molecule has 0 unspecified atom stereocenters. The van der Waals surface area contributed by atoms with Gasteiger partial charge in [0, 0.05) is 24.4 Å². The molecule has 1 rings (SSSR count). The van der Waals surface area contributed by atoms with E-state index >= 15 is 0 Å². The summed E-state index contributed by atoms with van der Waals surface area (Å²) in [6.45, 7) is 2.17. The van der Waals surface area contributed by atoms with Gasteiger partial charge in [0.15, 0.2) is 5.96 Å². The Bertz CT molecular complexity index is 384. The van der Waals surface area contributed by atoms with Crippen LogP contribution in [0, 0.1) is 0 Å². The molecule has 0 spiro atoms. The summed E-state index contributed by atoms with van der Waals surface area (Å²) in [6.07, 6.45) is 2.08. The zero-order chi connectivity index (χ0) is 13.9. The van der Waals surface area contributed by atoms with Crippen LogP contribution in [0.1, 0.15) is 0 Å². The number of nitrogens with zero attached hydrogens (tertiary/aromatic N) is 1. The summed E-state index contributed by atoms with van der Waals surface area (Å²) in [7, 11) is 1.76. The number of halogens is 1. The Morgan fingerprint density at radius 1 is 1.26 bits per heavy atom. The minimum absolute atomic E-state index is 0.574. The van der Waals surface area contributed by atoms with Crippen LogP contribution in [-0.4, -0.2) is 44.7 Å². The van der Waals surface area contributed by atoms with Gasteiger partial charge < -0.3 is 15.4 Å². The van der Waals surface area contributed by atoms with Crippen molar-refractivity contribution in [2.45, 2.75) is 0 Å². The predicted octanol–water partition coefficient (Wildman–Crippen LogP) is 2.25. The summed E-state index contributed by atoms with van der Waals surface area (Å²) >= 11 is 7.60. The van der Waals surface area contributed by atoms with Gasteiger partial charge in [0.05, 0.1) is 6.54 Å². The Morgan fingerprint density at radius 3 is 2.58 bits per heavy atom. The Hall–Kier alpha value is -1.07. The van der Waals surface area contributed by atoms with E-state index in [2.05, 4.69) is 21.9 Å². The molecule has 6 heteroatoms. The van der Waals surface area contributed by atoms with Gasteiger partial charge in [0.25, 0.3) is 0 Å². The number of benzene rings is 1. The van der Waals surface area contributed by atoms with Gasteiger partial charge in [-0.3, -0.25) is 4.99 Å². The summed E-state index contributed by atoms with van der Waals surface area (Å²) in [6, 6.07) is 7.34. The van der Waals surface area contributed by atoms with Gasteiger partial charge in [-0.2, -0.15) is 11.8 Å². The summed E-state index contributed by atoms with van der Waals surface area (Å²) in [5.74, 6) is 2.67. The van der Waals surface area contributed by atoms with Crippen LogP contribution in [0.25, 0.3) is 0 Å². The molecule has 4 nitrogen and oxygen atoms in total. The van der Waals surface area contributed by atoms with E-state index in [0.717, 1.165) is 24.0 Å². The topological polar surface area (TPSA) is 45.7 Å². The number of hydrogen-bond acceptors (Lipinski definition) is 3. The summed E-state index contributed by atoms with van der Waals surface area (Å²) in [4.78, 5) is 4.13. The van der Waals surface area contributed by atoms with Crippen molar-refractivity contribution in [2.24, 2.45) is 4.99 Å². The molecule has 0 bridgehead atoms. The van der Waals surface area contributed by atoms with Gasteiger partial charge in [-0.1, -0.05) is 11.6 Å². The summed E-state index contributed by atoms with van der Waals surface area (Å²) < 4.78 is 5.57. The van der Waals surface area contributed by atoms with Crippen LogP contribution in [0.5, 0.6) is 5.75 Å². The Morgan fingerprint density at radius 2 is 1.95 bits per heavy atom. The predicted molar refractivity (Wildman–Crippen MR) is 84.7 cm³/mol. The highest BCUT2D eigenvalue weighted by atomic mass is 35.5. The molecule has 0 aliphatic heterocycles. The third kappa shape index (κ3) is 7.18. The number of thioether (sulfide) groups is 1. The number of nitrogens with one attached hydrogen (secondary N) is 2. The third-order valence-electron chi connectivity index (χ3n) is 2.30. The van der Waals surface area contributed by atoms with E-state index in [-0.39, 0.29) is 0 Å². The van der Waals surface area contributed by atoms with E-state index in [1.54, 1.807) is 18.8 Å². The van der Waals surface area contributed by atoms with E-state index < -0.39 is 0 Å². The average molecular weight is 302 g/mol. The fourth-order valence-corrected chi connectivity index (χ4v) is 1.79. The molecule has 0 atom stereocenters. The third-order valence-corrected chi connectivity index (χ3v) is 3.16. The maximum atomic E-state index is 5.80. The van der Waals surface area contributed by atoms with Crippen molar-refractivity contribution in [2.75, 3.05) is 38.8 Å². The summed E-state index contributed by atoms with van der Waals surface area (Å²) in [5.41, 5.74) is 0. The van der Waals surface area contributed by atoms with Crippen molar-refractivity contribution in [1.82, 2.24) is 10.6 Å². The van der Waals surface area contributed by atoms with Crippen molar-refractivity contribution >= 4 is 29.3 Å². The molecular weight excluding hydrogens is 282 g/mol. The molecule has 0 saturated heterocycles. The number of ether oxygens (including phenoxy) is 1. The first kappa shape index (κ1) is 16.0. The molecule has 2 N–H and O–H groups in total. The van der Waals surface area contributed by atoms with Gasteiger partial charge in [0.1, 0.15) is 12.4 Å². The Kier molecular flexibility index (Phi) is 8.25. The maximum absolute atomic E-state index is 5.80. The van der Waals surface area contributed by atoms with Crippen molar-refractivity contribution in [3.63, 3.8) is 0 Å². The molecule has 1 aromatic carbocycles. The second-order valence-corrected chi connectivity index (χ2v) is 5.14. The largest absolute Gasteiger partial charge is 0.492 e. The minimum Gasteiger partial charge on any atom is -0.492 e. The van der Waals surface area contributed by atoms with Crippen LogP contribution in [0.3, 0.4) is 0 Å². The van der Waals surface area contributed by atoms with Crippen molar-refractivity contribution in [1.29, 1.82) is 0 Å². The van der Waals surface area contributed by atoms with E-state index in [1.807, 2.05) is 24.3 Å². The van der Waals surface area contributed by atoms with Crippen molar-refractivity contribution < 1.29 is 4.74 Å². The smallest absolute Gasteiger partial charge is 0.191 e. The average Bonchev–Trinajstić information content (AvgIpc) is 2.43. The van der Waals surface area contributed by atoms with Crippen molar-refractivity contribution in [3.05, 3.63) is 29.3 Å². The quantitative estimate of drug-likeness (QED) is 0.461. The molecule has 19 heavy (non-hydrogen) atoms. The monoisotopic (exact) mass is 301 g/mol. The lowest BCUT2D eigenvalue weighted by Crippen LogP contribution is -2.40. The maximum Gasteiger partial charge on any atom is 0.191 e. The zero-order valence-corrected chi connectivity index (χ0v) is 12.9. The molecule has 0 aliphatic carbocycles. The first-order chi connectivity index (χ1) is 9.26. The molecule has 0 amide bonds. The van der Waals surface area contributed by atoms with Crippen LogP contribution in [0.2, 0.25) is 5.02 Å². The molecule has 0 radical (unpaired) electrons. The number of rotatable bonds is 7. The zero-order valence-electron chi connectivity index (χ0n) is 11.3. The van der Waals surface area contributed by atoms with Gasteiger partial charge in [-0.15, -0.1) is 0 Å². The second kappa shape index (κ2) is 9.81.